The Morgan fingerprint density at radius 2 is 1.92 bits per heavy atom. The van der Waals surface area contributed by atoms with Gasteiger partial charge in [-0.1, -0.05) is 13.8 Å². The number of alkyl halides is 3. The van der Waals surface area contributed by atoms with Gasteiger partial charge in [0.25, 0.3) is 0 Å². The maximum atomic E-state index is 12.0. The lowest BCUT2D eigenvalue weighted by molar-refractivity contribution is -0.184. The highest BCUT2D eigenvalue weighted by Gasteiger charge is 2.45. The average molecular weight is 195 g/mol. The molecule has 1 heterocycles. The minimum Gasteiger partial charge on any atom is -0.334 e. The van der Waals surface area contributed by atoms with Crippen molar-refractivity contribution in [1.29, 1.82) is 0 Å². The molecule has 1 amide bonds. The van der Waals surface area contributed by atoms with Gasteiger partial charge in [0.15, 0.2) is 0 Å². The maximum Gasteiger partial charge on any atom is 0.471 e. The average Bonchev–Trinajstić information content (AvgIpc) is 2.26. The first-order valence-electron chi connectivity index (χ1n) is 4.08. The minimum atomic E-state index is -4.72. The molecule has 5 heteroatoms. The molecule has 0 radical (unpaired) electrons. The number of halogens is 3. The van der Waals surface area contributed by atoms with E-state index in [-0.39, 0.29) is 18.5 Å². The largest absolute Gasteiger partial charge is 0.471 e. The minimum absolute atomic E-state index is 0.180. The molecule has 0 bridgehead atoms. The lowest BCUT2D eigenvalue weighted by atomic mass is 9.93. The predicted octanol–water partition coefficient (Wildman–Crippen LogP) is 1.81. The van der Waals surface area contributed by atoms with Gasteiger partial charge in [-0.15, -0.1) is 0 Å². The zero-order chi connectivity index (χ0) is 10.3. The highest BCUT2D eigenvalue weighted by Crippen LogP contribution is 2.31. The first kappa shape index (κ1) is 10.3. The Morgan fingerprint density at radius 1 is 1.38 bits per heavy atom. The molecule has 1 fully saturated rings. The molecule has 0 unspecified atom stereocenters. The summed E-state index contributed by atoms with van der Waals surface area (Å²) >= 11 is 0. The van der Waals surface area contributed by atoms with Crippen LogP contribution >= 0.6 is 0 Å². The van der Waals surface area contributed by atoms with Crippen LogP contribution in [0.25, 0.3) is 0 Å². The summed E-state index contributed by atoms with van der Waals surface area (Å²) in [6.07, 6.45) is -4.09. The highest BCUT2D eigenvalue weighted by molar-refractivity contribution is 5.82. The smallest absolute Gasteiger partial charge is 0.334 e. The summed E-state index contributed by atoms with van der Waals surface area (Å²) in [5, 5.41) is 0. The van der Waals surface area contributed by atoms with Gasteiger partial charge in [0, 0.05) is 13.1 Å². The van der Waals surface area contributed by atoms with E-state index in [4.69, 9.17) is 0 Å². The zero-order valence-electron chi connectivity index (χ0n) is 7.61. The molecule has 0 atom stereocenters. The van der Waals surface area contributed by atoms with E-state index >= 15 is 0 Å². The molecule has 1 aliphatic heterocycles. The number of nitrogens with zero attached hydrogens (tertiary/aromatic N) is 1. The van der Waals surface area contributed by atoms with Crippen molar-refractivity contribution in [1.82, 2.24) is 4.90 Å². The highest BCUT2D eigenvalue weighted by atomic mass is 19.4. The van der Waals surface area contributed by atoms with Gasteiger partial charge in [-0.05, 0) is 11.8 Å². The van der Waals surface area contributed by atoms with Crippen molar-refractivity contribution in [3.05, 3.63) is 0 Å². The Balaban J connectivity index is 2.62. The van der Waals surface area contributed by atoms with Crippen LogP contribution in [0.5, 0.6) is 0 Å². The first-order valence-corrected chi connectivity index (χ1v) is 4.08. The molecule has 1 rings (SSSR count). The molecule has 0 aromatic carbocycles. The fraction of sp³-hybridized carbons (Fsp3) is 0.875. The molecule has 1 aliphatic rings. The van der Waals surface area contributed by atoms with Crippen molar-refractivity contribution < 1.29 is 18.0 Å². The Bertz CT molecular complexity index is 222. The molecule has 0 aromatic rings. The SMILES string of the molecule is CC1(C)CCN(C(=O)C(F)(F)F)C1. The second kappa shape index (κ2) is 2.89. The molecular formula is C8H12F3NO. The van der Waals surface area contributed by atoms with Crippen LogP contribution in [-0.2, 0) is 4.79 Å². The monoisotopic (exact) mass is 195 g/mol. The lowest BCUT2D eigenvalue weighted by Crippen LogP contribution is -2.40. The second-order valence-corrected chi connectivity index (χ2v) is 4.14. The molecular weight excluding hydrogens is 183 g/mol. The summed E-state index contributed by atoms with van der Waals surface area (Å²) in [5.74, 6) is -1.71. The Kier molecular flexibility index (Phi) is 2.30. The van der Waals surface area contributed by atoms with E-state index in [0.29, 0.717) is 6.42 Å². The van der Waals surface area contributed by atoms with Gasteiger partial charge in [-0.2, -0.15) is 13.2 Å². The number of carbonyl (C=O) groups is 1. The molecule has 0 saturated carbocycles. The van der Waals surface area contributed by atoms with E-state index in [0.717, 1.165) is 4.90 Å². The first-order chi connectivity index (χ1) is 5.72. The summed E-state index contributed by atoms with van der Waals surface area (Å²) in [4.78, 5) is 11.6. The van der Waals surface area contributed by atoms with E-state index in [1.807, 2.05) is 13.8 Å². The molecule has 0 N–H and O–H groups in total. The number of likely N-dealkylation sites (tertiary alicyclic amines) is 1. The molecule has 76 valence electrons. The van der Waals surface area contributed by atoms with E-state index < -0.39 is 12.1 Å². The van der Waals surface area contributed by atoms with Gasteiger partial charge < -0.3 is 4.90 Å². The van der Waals surface area contributed by atoms with Crippen LogP contribution in [0, 0.1) is 5.41 Å². The van der Waals surface area contributed by atoms with Gasteiger partial charge in [-0.3, -0.25) is 4.79 Å². The number of hydrogen-bond acceptors (Lipinski definition) is 1. The van der Waals surface area contributed by atoms with Crippen molar-refractivity contribution in [2.75, 3.05) is 13.1 Å². The van der Waals surface area contributed by atoms with E-state index in [1.54, 1.807) is 0 Å². The van der Waals surface area contributed by atoms with Gasteiger partial charge in [0.05, 0.1) is 0 Å². The van der Waals surface area contributed by atoms with Crippen LogP contribution in [-0.4, -0.2) is 30.1 Å². The quantitative estimate of drug-likeness (QED) is 0.577. The zero-order valence-corrected chi connectivity index (χ0v) is 7.61. The third kappa shape index (κ3) is 2.35. The molecule has 0 aliphatic carbocycles. The third-order valence-electron chi connectivity index (χ3n) is 2.21. The van der Waals surface area contributed by atoms with E-state index in [9.17, 15) is 18.0 Å². The third-order valence-corrected chi connectivity index (χ3v) is 2.21. The van der Waals surface area contributed by atoms with Crippen LogP contribution in [0.1, 0.15) is 20.3 Å². The number of hydrogen-bond donors (Lipinski definition) is 0. The van der Waals surface area contributed by atoms with Gasteiger partial charge in [-0.25, -0.2) is 0 Å². The van der Waals surface area contributed by atoms with E-state index in [1.165, 1.54) is 0 Å². The molecule has 2 nitrogen and oxygen atoms in total. The van der Waals surface area contributed by atoms with Crippen molar-refractivity contribution in [2.24, 2.45) is 5.41 Å². The van der Waals surface area contributed by atoms with Crippen LogP contribution in [0.4, 0.5) is 13.2 Å². The fourth-order valence-electron chi connectivity index (χ4n) is 1.47. The topological polar surface area (TPSA) is 20.3 Å². The summed E-state index contributed by atoms with van der Waals surface area (Å²) in [6, 6.07) is 0. The summed E-state index contributed by atoms with van der Waals surface area (Å²) in [6.45, 7) is 4.13. The van der Waals surface area contributed by atoms with Crippen LogP contribution < -0.4 is 0 Å². The molecule has 1 saturated heterocycles. The summed E-state index contributed by atoms with van der Waals surface area (Å²) < 4.78 is 35.9. The van der Waals surface area contributed by atoms with Gasteiger partial charge in [0.1, 0.15) is 0 Å². The fourth-order valence-corrected chi connectivity index (χ4v) is 1.47. The Hall–Kier alpha value is -0.740. The lowest BCUT2D eigenvalue weighted by Gasteiger charge is -2.20. The molecule has 0 aromatic heterocycles. The number of amides is 1. The van der Waals surface area contributed by atoms with Crippen LogP contribution in [0.3, 0.4) is 0 Å². The molecule has 13 heavy (non-hydrogen) atoms. The van der Waals surface area contributed by atoms with Gasteiger partial charge >= 0.3 is 12.1 Å². The molecule has 0 spiro atoms. The summed E-state index contributed by atoms with van der Waals surface area (Å²) in [7, 11) is 0. The van der Waals surface area contributed by atoms with Crippen LogP contribution in [0.2, 0.25) is 0 Å². The Morgan fingerprint density at radius 3 is 2.23 bits per heavy atom. The summed E-state index contributed by atoms with van der Waals surface area (Å²) in [5.41, 5.74) is -0.180. The van der Waals surface area contributed by atoms with Gasteiger partial charge in [0.2, 0.25) is 0 Å². The predicted molar refractivity (Wildman–Crippen MR) is 41.0 cm³/mol. The van der Waals surface area contributed by atoms with Crippen molar-refractivity contribution in [2.45, 2.75) is 26.4 Å². The number of rotatable bonds is 0. The maximum absolute atomic E-state index is 12.0. The van der Waals surface area contributed by atoms with Crippen molar-refractivity contribution >= 4 is 5.91 Å². The normalized spacial score (nSPS) is 22.1. The Labute approximate surface area is 74.7 Å². The van der Waals surface area contributed by atoms with Crippen LogP contribution in [0.15, 0.2) is 0 Å². The van der Waals surface area contributed by atoms with Crippen molar-refractivity contribution in [3.63, 3.8) is 0 Å². The van der Waals surface area contributed by atoms with Crippen molar-refractivity contribution in [3.8, 4) is 0 Å². The standard InChI is InChI=1S/C8H12F3NO/c1-7(2)3-4-12(5-7)6(13)8(9,10)11/h3-5H2,1-2H3. The second-order valence-electron chi connectivity index (χ2n) is 4.14. The van der Waals surface area contributed by atoms with E-state index in [2.05, 4.69) is 0 Å². The number of carbonyl (C=O) groups excluding carboxylic acids is 1.